The monoisotopic (exact) mass is 247 g/mol. The van der Waals surface area contributed by atoms with Crippen LogP contribution in [0, 0.1) is 5.82 Å². The summed E-state index contributed by atoms with van der Waals surface area (Å²) in [5, 5.41) is 0. The number of imidazole rings is 1. The molecule has 0 saturated heterocycles. The van der Waals surface area contributed by atoms with Gasteiger partial charge in [-0.1, -0.05) is 12.1 Å². The number of nitrogens with zero attached hydrogens (tertiary/aromatic N) is 3. The quantitative estimate of drug-likeness (QED) is 0.830. The normalized spacial score (nSPS) is 10.4. The number of aryl methyl sites for hydroxylation is 1. The number of carbonyl (C=O) groups excluding carboxylic acids is 1. The summed E-state index contributed by atoms with van der Waals surface area (Å²) in [4.78, 5) is 17.6. The van der Waals surface area contributed by atoms with Gasteiger partial charge in [0.2, 0.25) is 0 Å². The summed E-state index contributed by atoms with van der Waals surface area (Å²) in [6.07, 6.45) is 3.47. The number of carbonyl (C=O) groups is 1. The smallest absolute Gasteiger partial charge is 0.256 e. The highest BCUT2D eigenvalue weighted by atomic mass is 19.1. The molecular weight excluding hydrogens is 233 g/mol. The van der Waals surface area contributed by atoms with Gasteiger partial charge in [0.15, 0.2) is 0 Å². The van der Waals surface area contributed by atoms with Crippen molar-refractivity contribution in [2.24, 2.45) is 7.05 Å². The average Bonchev–Trinajstić information content (AvgIpc) is 2.75. The predicted octanol–water partition coefficient (Wildman–Crippen LogP) is 1.83. The molecule has 0 radical (unpaired) electrons. The van der Waals surface area contributed by atoms with E-state index in [1.54, 1.807) is 31.6 Å². The van der Waals surface area contributed by atoms with Gasteiger partial charge in [-0.3, -0.25) is 4.79 Å². The molecule has 0 saturated carbocycles. The maximum atomic E-state index is 13.5. The van der Waals surface area contributed by atoms with Crippen molar-refractivity contribution in [3.05, 3.63) is 53.9 Å². The van der Waals surface area contributed by atoms with Crippen molar-refractivity contribution in [3.63, 3.8) is 0 Å². The average molecular weight is 247 g/mol. The van der Waals surface area contributed by atoms with E-state index in [2.05, 4.69) is 4.98 Å². The van der Waals surface area contributed by atoms with Gasteiger partial charge in [-0.05, 0) is 12.1 Å². The van der Waals surface area contributed by atoms with Gasteiger partial charge in [0.05, 0.1) is 12.1 Å². The van der Waals surface area contributed by atoms with Crippen LogP contribution in [-0.2, 0) is 13.6 Å². The van der Waals surface area contributed by atoms with Gasteiger partial charge >= 0.3 is 0 Å². The molecule has 0 aliphatic heterocycles. The van der Waals surface area contributed by atoms with Gasteiger partial charge in [0, 0.05) is 26.5 Å². The number of halogens is 1. The second-order valence-corrected chi connectivity index (χ2v) is 4.10. The van der Waals surface area contributed by atoms with Gasteiger partial charge in [-0.25, -0.2) is 9.37 Å². The summed E-state index contributed by atoms with van der Waals surface area (Å²) in [7, 11) is 3.48. The second-order valence-electron chi connectivity index (χ2n) is 4.10. The van der Waals surface area contributed by atoms with Crippen LogP contribution in [0.2, 0.25) is 0 Å². The summed E-state index contributed by atoms with van der Waals surface area (Å²) in [5.41, 5.74) is 0.0780. The fourth-order valence-corrected chi connectivity index (χ4v) is 1.67. The minimum Gasteiger partial charge on any atom is -0.337 e. The Balaban J connectivity index is 2.15. The highest BCUT2D eigenvalue weighted by Crippen LogP contribution is 2.10. The van der Waals surface area contributed by atoms with Crippen molar-refractivity contribution in [2.75, 3.05) is 7.05 Å². The molecular formula is C13H14FN3O. The first-order valence-electron chi connectivity index (χ1n) is 5.56. The fraction of sp³-hybridized carbons (Fsp3) is 0.231. The van der Waals surface area contributed by atoms with E-state index in [1.165, 1.54) is 17.0 Å². The van der Waals surface area contributed by atoms with Crippen molar-refractivity contribution in [1.29, 1.82) is 0 Å². The van der Waals surface area contributed by atoms with E-state index in [9.17, 15) is 9.18 Å². The first kappa shape index (κ1) is 12.3. The maximum Gasteiger partial charge on any atom is 0.256 e. The number of rotatable bonds is 3. The highest BCUT2D eigenvalue weighted by molar-refractivity contribution is 5.94. The third kappa shape index (κ3) is 2.40. The Labute approximate surface area is 105 Å². The molecule has 0 aliphatic rings. The largest absolute Gasteiger partial charge is 0.337 e. The topological polar surface area (TPSA) is 38.1 Å². The summed E-state index contributed by atoms with van der Waals surface area (Å²) in [5.74, 6) is -0.104. The molecule has 0 spiro atoms. The lowest BCUT2D eigenvalue weighted by Gasteiger charge is -2.17. The van der Waals surface area contributed by atoms with Gasteiger partial charge in [0.1, 0.15) is 11.6 Å². The Morgan fingerprint density at radius 3 is 2.78 bits per heavy atom. The number of hydrogen-bond donors (Lipinski definition) is 0. The zero-order chi connectivity index (χ0) is 13.1. The van der Waals surface area contributed by atoms with Crippen LogP contribution in [-0.4, -0.2) is 27.4 Å². The van der Waals surface area contributed by atoms with Gasteiger partial charge in [-0.2, -0.15) is 0 Å². The molecule has 0 bridgehead atoms. The number of amides is 1. The molecule has 94 valence electrons. The van der Waals surface area contributed by atoms with Crippen LogP contribution in [0.1, 0.15) is 16.2 Å². The number of benzene rings is 1. The van der Waals surface area contributed by atoms with Crippen LogP contribution in [0.5, 0.6) is 0 Å². The summed E-state index contributed by atoms with van der Waals surface area (Å²) in [6.45, 7) is 0.344. The Morgan fingerprint density at radius 1 is 1.44 bits per heavy atom. The molecule has 18 heavy (non-hydrogen) atoms. The molecule has 0 unspecified atom stereocenters. The molecule has 2 aromatic rings. The molecule has 2 rings (SSSR count). The van der Waals surface area contributed by atoms with E-state index in [0.717, 1.165) is 5.82 Å². The lowest BCUT2D eigenvalue weighted by atomic mass is 10.2. The van der Waals surface area contributed by atoms with Gasteiger partial charge in [0.25, 0.3) is 5.91 Å². The van der Waals surface area contributed by atoms with Crippen molar-refractivity contribution >= 4 is 5.91 Å². The van der Waals surface area contributed by atoms with Crippen molar-refractivity contribution in [2.45, 2.75) is 6.54 Å². The number of hydrogen-bond acceptors (Lipinski definition) is 2. The first-order chi connectivity index (χ1) is 8.59. The minimum absolute atomic E-state index is 0.0780. The third-order valence-electron chi connectivity index (χ3n) is 2.75. The first-order valence-corrected chi connectivity index (χ1v) is 5.56. The molecule has 0 atom stereocenters. The molecule has 1 amide bonds. The molecule has 0 N–H and O–H groups in total. The highest BCUT2D eigenvalue weighted by Gasteiger charge is 2.16. The van der Waals surface area contributed by atoms with Crippen molar-refractivity contribution in [3.8, 4) is 0 Å². The zero-order valence-electron chi connectivity index (χ0n) is 10.3. The van der Waals surface area contributed by atoms with Crippen LogP contribution in [0.25, 0.3) is 0 Å². The predicted molar refractivity (Wildman–Crippen MR) is 65.4 cm³/mol. The van der Waals surface area contributed by atoms with E-state index < -0.39 is 5.82 Å². The van der Waals surface area contributed by atoms with Crippen LogP contribution >= 0.6 is 0 Å². The molecule has 1 aromatic carbocycles. The molecule has 4 nitrogen and oxygen atoms in total. The van der Waals surface area contributed by atoms with Crippen molar-refractivity contribution < 1.29 is 9.18 Å². The second kappa shape index (κ2) is 5.00. The van der Waals surface area contributed by atoms with E-state index in [4.69, 9.17) is 0 Å². The van der Waals surface area contributed by atoms with E-state index >= 15 is 0 Å². The molecule has 0 aliphatic carbocycles. The van der Waals surface area contributed by atoms with Crippen molar-refractivity contribution in [1.82, 2.24) is 14.5 Å². The minimum atomic E-state index is -0.505. The van der Waals surface area contributed by atoms with Crippen LogP contribution in [0.3, 0.4) is 0 Å². The Kier molecular flexibility index (Phi) is 3.41. The maximum absolute atomic E-state index is 13.5. The lowest BCUT2D eigenvalue weighted by molar-refractivity contribution is 0.0776. The fourth-order valence-electron chi connectivity index (χ4n) is 1.67. The molecule has 5 heteroatoms. The van der Waals surface area contributed by atoms with Crippen LogP contribution in [0.4, 0.5) is 4.39 Å². The Morgan fingerprint density at radius 2 is 2.17 bits per heavy atom. The van der Waals surface area contributed by atoms with Gasteiger partial charge < -0.3 is 9.47 Å². The van der Waals surface area contributed by atoms with E-state index in [-0.39, 0.29) is 11.5 Å². The van der Waals surface area contributed by atoms with Gasteiger partial charge in [-0.15, -0.1) is 0 Å². The lowest BCUT2D eigenvalue weighted by Crippen LogP contribution is -2.28. The summed E-state index contributed by atoms with van der Waals surface area (Å²) in [6, 6.07) is 5.96. The summed E-state index contributed by atoms with van der Waals surface area (Å²) < 4.78 is 15.3. The Hall–Kier alpha value is -2.17. The SMILES string of the molecule is CN(Cc1nccn1C)C(=O)c1ccccc1F. The Bertz CT molecular complexity index is 565. The zero-order valence-corrected chi connectivity index (χ0v) is 10.3. The summed E-state index contributed by atoms with van der Waals surface area (Å²) >= 11 is 0. The number of aromatic nitrogens is 2. The van der Waals surface area contributed by atoms with E-state index in [1.807, 2.05) is 11.6 Å². The molecule has 1 heterocycles. The van der Waals surface area contributed by atoms with Crippen LogP contribution in [0.15, 0.2) is 36.7 Å². The standard InChI is InChI=1S/C13H14FN3O/c1-16-8-7-15-12(16)9-17(2)13(18)10-5-3-4-6-11(10)14/h3-8H,9H2,1-2H3. The third-order valence-corrected chi connectivity index (χ3v) is 2.75. The van der Waals surface area contributed by atoms with Crippen LogP contribution < -0.4 is 0 Å². The van der Waals surface area contributed by atoms with E-state index in [0.29, 0.717) is 6.54 Å². The molecule has 1 aromatic heterocycles. The molecule has 0 fully saturated rings.